The Morgan fingerprint density at radius 2 is 1.64 bits per heavy atom. The van der Waals surface area contributed by atoms with Crippen LogP contribution in [0.25, 0.3) is 0 Å². The molecule has 7 nitrogen and oxygen atoms in total. The first-order chi connectivity index (χ1) is 13.5. The van der Waals surface area contributed by atoms with E-state index in [1.807, 2.05) is 0 Å². The second-order valence-electron chi connectivity index (χ2n) is 6.26. The number of ether oxygens (including phenoxy) is 1. The molecule has 0 radical (unpaired) electrons. The highest BCUT2D eigenvalue weighted by atomic mass is 19.1. The Morgan fingerprint density at radius 3 is 2.32 bits per heavy atom. The van der Waals surface area contributed by atoms with Crippen molar-refractivity contribution in [1.82, 2.24) is 9.80 Å². The predicted molar refractivity (Wildman–Crippen MR) is 101 cm³/mol. The standard InChI is InChI=1S/C20H20FN3O4/c1-28-19(26)16-7-2-3-8-17(16)22-20(27)24-11-9-23(10-12-24)18(25)14-5-4-6-15(21)13-14/h2-8,13H,9-12H2,1H3,(H,22,27). The fourth-order valence-corrected chi connectivity index (χ4v) is 2.99. The third kappa shape index (κ3) is 4.28. The van der Waals surface area contributed by atoms with Crippen LogP contribution >= 0.6 is 0 Å². The van der Waals surface area contributed by atoms with E-state index in [-0.39, 0.29) is 23.1 Å². The smallest absolute Gasteiger partial charge is 0.339 e. The van der Waals surface area contributed by atoms with Crippen LogP contribution in [0.15, 0.2) is 48.5 Å². The monoisotopic (exact) mass is 385 g/mol. The molecule has 1 fully saturated rings. The molecule has 8 heteroatoms. The molecule has 1 aliphatic heterocycles. The Balaban J connectivity index is 1.60. The molecule has 0 unspecified atom stereocenters. The summed E-state index contributed by atoms with van der Waals surface area (Å²) in [7, 11) is 1.27. The van der Waals surface area contributed by atoms with E-state index in [4.69, 9.17) is 4.74 Å². The zero-order valence-electron chi connectivity index (χ0n) is 15.4. The number of benzene rings is 2. The van der Waals surface area contributed by atoms with Gasteiger partial charge in [-0.25, -0.2) is 14.0 Å². The molecular weight excluding hydrogens is 365 g/mol. The van der Waals surface area contributed by atoms with Gasteiger partial charge < -0.3 is 19.9 Å². The second kappa shape index (κ2) is 8.51. The summed E-state index contributed by atoms with van der Waals surface area (Å²) >= 11 is 0. The Labute approximate surface area is 161 Å². The molecule has 0 atom stereocenters. The number of urea groups is 1. The molecule has 0 aliphatic carbocycles. The Kier molecular flexibility index (Phi) is 5.88. The van der Waals surface area contributed by atoms with Crippen LogP contribution in [0.5, 0.6) is 0 Å². The number of carbonyl (C=O) groups excluding carboxylic acids is 3. The van der Waals surface area contributed by atoms with Gasteiger partial charge in [0.25, 0.3) is 5.91 Å². The van der Waals surface area contributed by atoms with Crippen molar-refractivity contribution >= 4 is 23.6 Å². The number of anilines is 1. The average molecular weight is 385 g/mol. The topological polar surface area (TPSA) is 79.0 Å². The van der Waals surface area contributed by atoms with E-state index >= 15 is 0 Å². The number of amides is 3. The van der Waals surface area contributed by atoms with Crippen molar-refractivity contribution in [3.8, 4) is 0 Å². The number of esters is 1. The highest BCUT2D eigenvalue weighted by Gasteiger charge is 2.25. The van der Waals surface area contributed by atoms with Crippen molar-refractivity contribution in [2.75, 3.05) is 38.6 Å². The molecule has 1 heterocycles. The van der Waals surface area contributed by atoms with Crippen LogP contribution < -0.4 is 5.32 Å². The zero-order chi connectivity index (χ0) is 20.1. The van der Waals surface area contributed by atoms with E-state index in [1.165, 1.54) is 25.3 Å². The number of para-hydroxylation sites is 1. The summed E-state index contributed by atoms with van der Waals surface area (Å²) in [6.07, 6.45) is 0. The number of hydrogen-bond donors (Lipinski definition) is 1. The molecule has 3 rings (SSSR count). The molecular formula is C20H20FN3O4. The van der Waals surface area contributed by atoms with Crippen LogP contribution in [0.4, 0.5) is 14.9 Å². The quantitative estimate of drug-likeness (QED) is 0.824. The van der Waals surface area contributed by atoms with Crippen LogP contribution in [0.2, 0.25) is 0 Å². The molecule has 1 saturated heterocycles. The van der Waals surface area contributed by atoms with Crippen LogP contribution in [-0.2, 0) is 4.74 Å². The van der Waals surface area contributed by atoms with Crippen molar-refractivity contribution in [2.45, 2.75) is 0 Å². The molecule has 146 valence electrons. The summed E-state index contributed by atoms with van der Waals surface area (Å²) in [4.78, 5) is 39.9. The summed E-state index contributed by atoms with van der Waals surface area (Å²) in [6, 6.07) is 11.7. The van der Waals surface area contributed by atoms with Gasteiger partial charge in [0.2, 0.25) is 0 Å². The molecule has 1 aliphatic rings. The van der Waals surface area contributed by atoms with Crippen LogP contribution in [0.1, 0.15) is 20.7 Å². The van der Waals surface area contributed by atoms with Crippen molar-refractivity contribution in [3.63, 3.8) is 0 Å². The van der Waals surface area contributed by atoms with Gasteiger partial charge in [-0.3, -0.25) is 4.79 Å². The summed E-state index contributed by atoms with van der Waals surface area (Å²) < 4.78 is 18.0. The Morgan fingerprint density at radius 1 is 0.964 bits per heavy atom. The summed E-state index contributed by atoms with van der Waals surface area (Å²) in [5, 5.41) is 2.71. The minimum Gasteiger partial charge on any atom is -0.465 e. The first kappa shape index (κ1) is 19.3. The maximum absolute atomic E-state index is 13.3. The highest BCUT2D eigenvalue weighted by molar-refractivity contribution is 6.01. The molecule has 0 saturated carbocycles. The van der Waals surface area contributed by atoms with Gasteiger partial charge in [0.15, 0.2) is 0 Å². The van der Waals surface area contributed by atoms with Crippen molar-refractivity contribution in [3.05, 3.63) is 65.5 Å². The van der Waals surface area contributed by atoms with E-state index in [0.717, 1.165) is 0 Å². The number of piperazine rings is 1. The Bertz CT molecular complexity index is 895. The van der Waals surface area contributed by atoms with E-state index in [2.05, 4.69) is 5.32 Å². The SMILES string of the molecule is COC(=O)c1ccccc1NC(=O)N1CCN(C(=O)c2cccc(F)c2)CC1. The second-order valence-corrected chi connectivity index (χ2v) is 6.26. The summed E-state index contributed by atoms with van der Waals surface area (Å²) in [5.74, 6) is -1.27. The molecule has 28 heavy (non-hydrogen) atoms. The van der Waals surface area contributed by atoms with Crippen molar-refractivity contribution in [1.29, 1.82) is 0 Å². The molecule has 3 amide bonds. The number of hydrogen-bond acceptors (Lipinski definition) is 4. The van der Waals surface area contributed by atoms with Crippen LogP contribution in [-0.4, -0.2) is 61.0 Å². The number of halogens is 1. The molecule has 1 N–H and O–H groups in total. The third-order valence-corrected chi connectivity index (χ3v) is 4.50. The maximum Gasteiger partial charge on any atom is 0.339 e. The molecule has 2 aromatic carbocycles. The Hall–Kier alpha value is -3.42. The number of nitrogens with one attached hydrogen (secondary N) is 1. The van der Waals surface area contributed by atoms with E-state index in [9.17, 15) is 18.8 Å². The molecule has 0 bridgehead atoms. The minimum absolute atomic E-state index is 0.262. The van der Waals surface area contributed by atoms with Gasteiger partial charge in [-0.2, -0.15) is 0 Å². The van der Waals surface area contributed by atoms with E-state index in [0.29, 0.717) is 31.9 Å². The maximum atomic E-state index is 13.3. The number of rotatable bonds is 3. The lowest BCUT2D eigenvalue weighted by Crippen LogP contribution is -2.51. The third-order valence-electron chi connectivity index (χ3n) is 4.50. The van der Waals surface area contributed by atoms with Crippen molar-refractivity contribution < 1.29 is 23.5 Å². The summed E-state index contributed by atoms with van der Waals surface area (Å²) in [5.41, 5.74) is 0.904. The molecule has 0 aromatic heterocycles. The van der Waals surface area contributed by atoms with Gasteiger partial charge in [0.1, 0.15) is 5.82 Å². The number of methoxy groups -OCH3 is 1. The fourth-order valence-electron chi connectivity index (χ4n) is 2.99. The van der Waals surface area contributed by atoms with E-state index < -0.39 is 11.8 Å². The largest absolute Gasteiger partial charge is 0.465 e. The van der Waals surface area contributed by atoms with Gasteiger partial charge in [0.05, 0.1) is 18.4 Å². The van der Waals surface area contributed by atoms with Crippen molar-refractivity contribution in [2.24, 2.45) is 0 Å². The normalized spacial score (nSPS) is 13.8. The minimum atomic E-state index is -0.540. The first-order valence-electron chi connectivity index (χ1n) is 8.77. The fraction of sp³-hybridized carbons (Fsp3) is 0.250. The van der Waals surface area contributed by atoms with Gasteiger partial charge in [-0.1, -0.05) is 18.2 Å². The zero-order valence-corrected chi connectivity index (χ0v) is 15.4. The molecule has 2 aromatic rings. The van der Waals surface area contributed by atoms with Gasteiger partial charge in [-0.05, 0) is 30.3 Å². The predicted octanol–water partition coefficient (Wildman–Crippen LogP) is 2.60. The molecule has 0 spiro atoms. The average Bonchev–Trinajstić information content (AvgIpc) is 2.73. The van der Waals surface area contributed by atoms with Gasteiger partial charge in [-0.15, -0.1) is 0 Å². The van der Waals surface area contributed by atoms with Gasteiger partial charge in [0, 0.05) is 31.7 Å². The highest BCUT2D eigenvalue weighted by Crippen LogP contribution is 2.17. The van der Waals surface area contributed by atoms with Crippen LogP contribution in [0.3, 0.4) is 0 Å². The number of carbonyl (C=O) groups is 3. The number of nitrogens with zero attached hydrogens (tertiary/aromatic N) is 2. The lowest BCUT2D eigenvalue weighted by Gasteiger charge is -2.34. The van der Waals surface area contributed by atoms with E-state index in [1.54, 1.807) is 40.1 Å². The first-order valence-corrected chi connectivity index (χ1v) is 8.77. The van der Waals surface area contributed by atoms with Crippen LogP contribution in [0, 0.1) is 5.82 Å². The lowest BCUT2D eigenvalue weighted by atomic mass is 10.1. The van der Waals surface area contributed by atoms with Gasteiger partial charge >= 0.3 is 12.0 Å². The lowest BCUT2D eigenvalue weighted by molar-refractivity contribution is 0.0600. The summed E-state index contributed by atoms with van der Waals surface area (Å²) in [6.45, 7) is 1.32.